The van der Waals surface area contributed by atoms with Gasteiger partial charge in [-0.2, -0.15) is 23.4 Å². The number of hydrazone groups is 1. The molecule has 0 bridgehead atoms. The van der Waals surface area contributed by atoms with E-state index in [0.29, 0.717) is 6.54 Å². The fraction of sp³-hybridized carbons (Fsp3) is 0.474. The Kier molecular flexibility index (Phi) is 5.12. The van der Waals surface area contributed by atoms with E-state index < -0.39 is 17.9 Å². The van der Waals surface area contributed by atoms with Crippen molar-refractivity contribution in [2.45, 2.75) is 25.2 Å². The van der Waals surface area contributed by atoms with E-state index in [1.807, 2.05) is 31.5 Å². The van der Waals surface area contributed by atoms with E-state index in [2.05, 4.69) is 43.2 Å². The van der Waals surface area contributed by atoms with Crippen molar-refractivity contribution >= 4 is 6.21 Å². The second-order valence-electron chi connectivity index (χ2n) is 7.36. The number of H-pyrrole nitrogens is 1. The third-order valence-corrected chi connectivity index (χ3v) is 5.50. The maximum atomic E-state index is 13.4. The van der Waals surface area contributed by atoms with Crippen LogP contribution in [0.2, 0.25) is 0 Å². The molecule has 4 N–H and O–H groups in total. The lowest BCUT2D eigenvalue weighted by atomic mass is 9.82. The van der Waals surface area contributed by atoms with Gasteiger partial charge >= 0.3 is 6.18 Å². The van der Waals surface area contributed by atoms with Crippen LogP contribution in [0.1, 0.15) is 24.2 Å². The van der Waals surface area contributed by atoms with Gasteiger partial charge in [-0.25, -0.2) is 0 Å². The molecule has 156 valence electrons. The lowest BCUT2D eigenvalue weighted by Gasteiger charge is -2.34. The maximum absolute atomic E-state index is 13.4. The molecule has 2 aliphatic heterocycles. The van der Waals surface area contributed by atoms with Crippen molar-refractivity contribution in [3.63, 3.8) is 0 Å². The van der Waals surface area contributed by atoms with Gasteiger partial charge in [-0.05, 0) is 25.7 Å². The van der Waals surface area contributed by atoms with E-state index in [1.165, 1.54) is 6.20 Å². The maximum Gasteiger partial charge on any atom is 0.435 e. The van der Waals surface area contributed by atoms with E-state index in [9.17, 15) is 13.2 Å². The van der Waals surface area contributed by atoms with Crippen LogP contribution in [0.5, 0.6) is 0 Å². The number of rotatable bonds is 6. The Morgan fingerprint density at radius 3 is 2.90 bits per heavy atom. The first-order valence-electron chi connectivity index (χ1n) is 9.61. The van der Waals surface area contributed by atoms with Crippen molar-refractivity contribution in [1.29, 1.82) is 0 Å². The van der Waals surface area contributed by atoms with Crippen LogP contribution in [-0.2, 0) is 6.18 Å². The normalized spacial score (nSPS) is 25.4. The molecule has 7 nitrogen and oxygen atoms in total. The topological polar surface area (TPSA) is 80.4 Å². The predicted molar refractivity (Wildman–Crippen MR) is 104 cm³/mol. The predicted octanol–water partition coefficient (Wildman–Crippen LogP) is 1.90. The van der Waals surface area contributed by atoms with Gasteiger partial charge in [0.05, 0.1) is 18.0 Å². The van der Waals surface area contributed by atoms with Crippen molar-refractivity contribution in [2.24, 2.45) is 11.0 Å². The van der Waals surface area contributed by atoms with E-state index in [-0.39, 0.29) is 17.5 Å². The molecule has 3 heterocycles. The van der Waals surface area contributed by atoms with Gasteiger partial charge in [-0.1, -0.05) is 13.0 Å². The number of dihydropyridines is 1. The Hall–Kier alpha value is -2.75. The molecule has 3 unspecified atom stereocenters. The molecule has 4 rings (SSSR count). The molecule has 29 heavy (non-hydrogen) atoms. The number of nitrogens with one attached hydrogen (secondary N) is 4. The summed E-state index contributed by atoms with van der Waals surface area (Å²) >= 11 is 0. The van der Waals surface area contributed by atoms with Gasteiger partial charge in [0.25, 0.3) is 0 Å². The number of likely N-dealkylation sites (N-methyl/N-ethyl adjacent to an activating group) is 1. The fourth-order valence-electron chi connectivity index (χ4n) is 3.81. The quantitative estimate of drug-likeness (QED) is 0.579. The Labute approximate surface area is 166 Å². The molecule has 10 heteroatoms. The van der Waals surface area contributed by atoms with Crippen molar-refractivity contribution < 1.29 is 13.2 Å². The first-order chi connectivity index (χ1) is 13.9. The number of aromatic nitrogens is 2. The largest absolute Gasteiger partial charge is 0.435 e. The summed E-state index contributed by atoms with van der Waals surface area (Å²) in [5.41, 5.74) is 4.87. The van der Waals surface area contributed by atoms with E-state index in [4.69, 9.17) is 0 Å². The summed E-state index contributed by atoms with van der Waals surface area (Å²) in [6.45, 7) is 4.51. The monoisotopic (exact) mass is 407 g/mol. The minimum Gasteiger partial charge on any atom is -0.384 e. The lowest BCUT2D eigenvalue weighted by Crippen LogP contribution is -2.39. The molecule has 0 saturated heterocycles. The minimum absolute atomic E-state index is 0.0255. The summed E-state index contributed by atoms with van der Waals surface area (Å²) in [5, 5.41) is 16.6. The molecule has 0 saturated carbocycles. The van der Waals surface area contributed by atoms with Crippen LogP contribution in [0.3, 0.4) is 0 Å². The number of allylic oxidation sites excluding steroid dienone is 2. The molecule has 0 spiro atoms. The number of alkyl halides is 3. The van der Waals surface area contributed by atoms with Gasteiger partial charge in [0, 0.05) is 48.0 Å². The zero-order valence-corrected chi connectivity index (χ0v) is 16.2. The summed E-state index contributed by atoms with van der Waals surface area (Å²) in [6, 6.07) is -0.599. The smallest absolute Gasteiger partial charge is 0.384 e. The van der Waals surface area contributed by atoms with E-state index in [1.54, 1.807) is 0 Å². The second kappa shape index (κ2) is 7.58. The molecule has 0 amide bonds. The van der Waals surface area contributed by atoms with Crippen LogP contribution in [0.25, 0.3) is 0 Å². The van der Waals surface area contributed by atoms with Crippen LogP contribution in [-0.4, -0.2) is 54.0 Å². The zero-order valence-electron chi connectivity index (χ0n) is 16.2. The Morgan fingerprint density at radius 1 is 1.31 bits per heavy atom. The van der Waals surface area contributed by atoms with Crippen molar-refractivity contribution in [2.75, 3.05) is 26.7 Å². The first kappa shape index (κ1) is 19.6. The fourth-order valence-corrected chi connectivity index (χ4v) is 3.81. The van der Waals surface area contributed by atoms with Gasteiger partial charge in [-0.15, -0.1) is 0 Å². The average molecular weight is 407 g/mol. The molecule has 3 atom stereocenters. The van der Waals surface area contributed by atoms with Crippen LogP contribution >= 0.6 is 0 Å². The Bertz CT molecular complexity index is 881. The summed E-state index contributed by atoms with van der Waals surface area (Å²) in [6.07, 6.45) is 4.33. The zero-order chi connectivity index (χ0) is 20.6. The number of halogens is 3. The highest BCUT2D eigenvalue weighted by Gasteiger charge is 2.40. The van der Waals surface area contributed by atoms with E-state index >= 15 is 0 Å². The van der Waals surface area contributed by atoms with Gasteiger partial charge in [0.15, 0.2) is 5.69 Å². The summed E-state index contributed by atoms with van der Waals surface area (Å²) in [5.74, 6) is 0.0255. The van der Waals surface area contributed by atoms with E-state index in [0.717, 1.165) is 30.1 Å². The number of aromatic amines is 1. The molecule has 0 radical (unpaired) electrons. The molecule has 1 aromatic rings. The van der Waals surface area contributed by atoms with Crippen LogP contribution < -0.4 is 16.1 Å². The van der Waals surface area contributed by atoms with Crippen molar-refractivity contribution in [3.8, 4) is 0 Å². The summed E-state index contributed by atoms with van der Waals surface area (Å²) < 4.78 is 40.1. The number of hydrogen-bond donors (Lipinski definition) is 4. The number of nitrogens with zero attached hydrogens (tertiary/aromatic N) is 3. The van der Waals surface area contributed by atoms with Gasteiger partial charge in [0.1, 0.15) is 0 Å². The van der Waals surface area contributed by atoms with Gasteiger partial charge < -0.3 is 21.0 Å². The Morgan fingerprint density at radius 2 is 2.14 bits per heavy atom. The molecule has 1 aliphatic carbocycles. The van der Waals surface area contributed by atoms with Crippen molar-refractivity contribution in [3.05, 3.63) is 52.6 Å². The van der Waals surface area contributed by atoms with Gasteiger partial charge in [0.2, 0.25) is 0 Å². The SMILES string of the molecule is CCN(C)CCNC1=CC(c2c[nH]nc2C(F)(F)F)NC2=C1C1C=NNC1C=C2. The third-order valence-electron chi connectivity index (χ3n) is 5.50. The summed E-state index contributed by atoms with van der Waals surface area (Å²) in [4.78, 5) is 2.17. The molecule has 0 fully saturated rings. The first-order valence-corrected chi connectivity index (χ1v) is 9.61. The van der Waals surface area contributed by atoms with Gasteiger partial charge in [-0.3, -0.25) is 5.10 Å². The van der Waals surface area contributed by atoms with Crippen LogP contribution in [0.15, 0.2) is 46.5 Å². The molecule has 1 aromatic heterocycles. The molecular weight excluding hydrogens is 383 g/mol. The third kappa shape index (κ3) is 3.76. The standard InChI is InChI=1S/C19H24F3N7/c1-3-29(2)7-6-23-16-8-15(12-10-25-28-18(12)19(20,21)22)26-14-5-4-13-11(17(14)16)9-24-27-13/h4-5,8-11,13,15,23,26-27H,3,6-7H2,1-2H3,(H,25,28). The Balaban J connectivity index is 1.66. The number of fused-ring (bicyclic) bond motifs is 2. The highest BCUT2D eigenvalue weighted by Crippen LogP contribution is 2.39. The lowest BCUT2D eigenvalue weighted by molar-refractivity contribution is -0.141. The summed E-state index contributed by atoms with van der Waals surface area (Å²) in [7, 11) is 2.03. The average Bonchev–Trinajstić information content (AvgIpc) is 3.36. The number of hydrogen-bond acceptors (Lipinski definition) is 6. The highest BCUT2D eigenvalue weighted by atomic mass is 19.4. The second-order valence-corrected chi connectivity index (χ2v) is 7.36. The molecule has 0 aromatic carbocycles. The van der Waals surface area contributed by atoms with Crippen molar-refractivity contribution in [1.82, 2.24) is 31.2 Å². The highest BCUT2D eigenvalue weighted by molar-refractivity contribution is 5.73. The molecular formula is C19H24F3N7. The minimum atomic E-state index is -4.52. The van der Waals surface area contributed by atoms with Crippen LogP contribution in [0.4, 0.5) is 13.2 Å². The van der Waals surface area contributed by atoms with Crippen LogP contribution in [0, 0.1) is 5.92 Å². The molecule has 3 aliphatic rings.